The van der Waals surface area contributed by atoms with Crippen LogP contribution in [-0.2, 0) is 4.79 Å². The summed E-state index contributed by atoms with van der Waals surface area (Å²) >= 11 is 6.35. The number of benzene rings is 1. The van der Waals surface area contributed by atoms with Gasteiger partial charge in [0, 0.05) is 22.7 Å². The second kappa shape index (κ2) is 8.92. The molecule has 0 spiro atoms. The van der Waals surface area contributed by atoms with E-state index in [4.69, 9.17) is 16.0 Å². The number of carbonyl (C=O) groups is 1. The number of anilines is 1. The highest BCUT2D eigenvalue weighted by atomic mass is 35.5. The number of hydrogen-bond donors (Lipinski definition) is 2. The standard InChI is InChI=1S/C22H23ClN4O2/c1-5-10-14(23)13(4)20-19(17(28)7-3)15(6-2)24-21(26-20)27-22-25-16-11-8-9-12-18(16)29-22/h5,8-12,20H,1,4,6-7H2,2-3H3,(H2,24,25,26,27)/b14-10+. The van der Waals surface area contributed by atoms with E-state index in [0.29, 0.717) is 46.6 Å². The number of guanidine groups is 1. The molecule has 1 aliphatic rings. The Balaban J connectivity index is 1.99. The number of para-hydroxylation sites is 2. The second-order valence-corrected chi connectivity index (χ2v) is 6.82. The van der Waals surface area contributed by atoms with Gasteiger partial charge in [0.2, 0.25) is 5.96 Å². The van der Waals surface area contributed by atoms with Gasteiger partial charge in [0.1, 0.15) is 11.6 Å². The predicted molar refractivity (Wildman–Crippen MR) is 118 cm³/mol. The van der Waals surface area contributed by atoms with Crippen LogP contribution in [0.4, 0.5) is 6.01 Å². The molecule has 7 heteroatoms. The molecule has 2 heterocycles. The fourth-order valence-corrected chi connectivity index (χ4v) is 3.27. The molecule has 0 aliphatic carbocycles. The van der Waals surface area contributed by atoms with Crippen molar-refractivity contribution in [3.63, 3.8) is 0 Å². The number of aromatic nitrogens is 1. The fourth-order valence-electron chi connectivity index (χ4n) is 3.08. The first-order valence-electron chi connectivity index (χ1n) is 9.39. The Bertz CT molecular complexity index is 1030. The summed E-state index contributed by atoms with van der Waals surface area (Å²) in [5.41, 5.74) is 3.25. The third-order valence-corrected chi connectivity index (χ3v) is 4.89. The molecule has 2 aromatic rings. The van der Waals surface area contributed by atoms with Crippen molar-refractivity contribution in [3.8, 4) is 0 Å². The Morgan fingerprint density at radius 1 is 1.38 bits per heavy atom. The van der Waals surface area contributed by atoms with E-state index in [2.05, 4.69) is 33.8 Å². The molecule has 29 heavy (non-hydrogen) atoms. The molecule has 0 saturated carbocycles. The van der Waals surface area contributed by atoms with Gasteiger partial charge in [-0.15, -0.1) is 0 Å². The minimum absolute atomic E-state index is 0.00627. The largest absolute Gasteiger partial charge is 0.423 e. The maximum absolute atomic E-state index is 12.7. The highest BCUT2D eigenvalue weighted by molar-refractivity contribution is 6.32. The molecule has 0 bridgehead atoms. The van der Waals surface area contributed by atoms with E-state index in [1.54, 1.807) is 12.2 Å². The SMILES string of the molecule is C=C/C=C(/Cl)C(=C)C1N=C(Nc2nc3ccccc3o2)NC(CC)=C1C(=O)CC. The van der Waals surface area contributed by atoms with Gasteiger partial charge in [0.25, 0.3) is 0 Å². The van der Waals surface area contributed by atoms with Crippen LogP contribution in [0.2, 0.25) is 0 Å². The van der Waals surface area contributed by atoms with Crippen LogP contribution in [0.1, 0.15) is 26.7 Å². The molecule has 0 fully saturated rings. The number of hydrogen-bond acceptors (Lipinski definition) is 6. The Kier molecular flexibility index (Phi) is 6.34. The number of halogens is 1. The van der Waals surface area contributed by atoms with E-state index in [-0.39, 0.29) is 5.78 Å². The molecule has 0 saturated heterocycles. The average molecular weight is 411 g/mol. The van der Waals surface area contributed by atoms with Crippen molar-refractivity contribution in [2.24, 2.45) is 4.99 Å². The zero-order valence-corrected chi connectivity index (χ0v) is 17.2. The van der Waals surface area contributed by atoms with Crippen molar-refractivity contribution in [1.82, 2.24) is 10.3 Å². The van der Waals surface area contributed by atoms with Crippen LogP contribution in [0.25, 0.3) is 11.1 Å². The number of oxazole rings is 1. The second-order valence-electron chi connectivity index (χ2n) is 6.42. The summed E-state index contributed by atoms with van der Waals surface area (Å²) in [6.45, 7) is 11.5. The summed E-state index contributed by atoms with van der Waals surface area (Å²) in [5.74, 6) is 0.406. The fraction of sp³-hybridized carbons (Fsp3) is 0.227. The molecule has 0 radical (unpaired) electrons. The molecule has 1 unspecified atom stereocenters. The maximum atomic E-state index is 12.7. The molecule has 1 aromatic heterocycles. The number of aliphatic imine (C=N–C) groups is 1. The van der Waals surface area contributed by atoms with Gasteiger partial charge in [-0.1, -0.05) is 56.8 Å². The topological polar surface area (TPSA) is 79.5 Å². The molecule has 1 aliphatic heterocycles. The molecule has 1 atom stereocenters. The quantitative estimate of drug-likeness (QED) is 0.622. The van der Waals surface area contributed by atoms with Crippen molar-refractivity contribution < 1.29 is 9.21 Å². The van der Waals surface area contributed by atoms with Crippen molar-refractivity contribution in [1.29, 1.82) is 0 Å². The molecule has 150 valence electrons. The molecular formula is C22H23ClN4O2. The lowest BCUT2D eigenvalue weighted by molar-refractivity contribution is -0.115. The Morgan fingerprint density at radius 2 is 2.14 bits per heavy atom. The van der Waals surface area contributed by atoms with E-state index in [1.807, 2.05) is 38.1 Å². The van der Waals surface area contributed by atoms with Crippen molar-refractivity contribution in [2.75, 3.05) is 5.32 Å². The lowest BCUT2D eigenvalue weighted by Crippen LogP contribution is -2.40. The molecule has 3 rings (SSSR count). The highest BCUT2D eigenvalue weighted by Gasteiger charge is 2.31. The number of fused-ring (bicyclic) bond motifs is 1. The smallest absolute Gasteiger partial charge is 0.302 e. The van der Waals surface area contributed by atoms with Crippen LogP contribution < -0.4 is 10.6 Å². The van der Waals surface area contributed by atoms with Gasteiger partial charge in [-0.05, 0) is 30.2 Å². The van der Waals surface area contributed by atoms with Crippen LogP contribution in [0, 0.1) is 0 Å². The van der Waals surface area contributed by atoms with Gasteiger partial charge in [-0.2, -0.15) is 4.98 Å². The van der Waals surface area contributed by atoms with Gasteiger partial charge in [-0.3, -0.25) is 10.1 Å². The van der Waals surface area contributed by atoms with Gasteiger partial charge >= 0.3 is 6.01 Å². The summed E-state index contributed by atoms with van der Waals surface area (Å²) in [6.07, 6.45) is 4.18. The lowest BCUT2D eigenvalue weighted by Gasteiger charge is -2.28. The number of nitrogens with one attached hydrogen (secondary N) is 2. The van der Waals surface area contributed by atoms with E-state index < -0.39 is 6.04 Å². The molecular weight excluding hydrogens is 388 g/mol. The number of nitrogens with zero attached hydrogens (tertiary/aromatic N) is 2. The first kappa shape index (κ1) is 20.6. The number of ketones is 1. The van der Waals surface area contributed by atoms with Gasteiger partial charge in [0.05, 0.1) is 0 Å². The van der Waals surface area contributed by atoms with Crippen LogP contribution in [0.3, 0.4) is 0 Å². The van der Waals surface area contributed by atoms with Gasteiger partial charge < -0.3 is 9.73 Å². The Hall–Kier alpha value is -3.12. The van der Waals surface area contributed by atoms with Crippen LogP contribution >= 0.6 is 11.6 Å². The lowest BCUT2D eigenvalue weighted by atomic mass is 9.91. The van der Waals surface area contributed by atoms with E-state index >= 15 is 0 Å². The number of rotatable bonds is 7. The monoisotopic (exact) mass is 410 g/mol. The van der Waals surface area contributed by atoms with Crippen LogP contribution in [0.15, 0.2) is 80.9 Å². The van der Waals surface area contributed by atoms with Crippen molar-refractivity contribution in [3.05, 3.63) is 71.5 Å². The van der Waals surface area contributed by atoms with Crippen LogP contribution in [0.5, 0.6) is 0 Å². The average Bonchev–Trinajstić information content (AvgIpc) is 3.14. The van der Waals surface area contributed by atoms with Gasteiger partial charge in [0.15, 0.2) is 11.4 Å². The van der Waals surface area contributed by atoms with Crippen molar-refractivity contribution in [2.45, 2.75) is 32.7 Å². The third-order valence-electron chi connectivity index (χ3n) is 4.52. The number of allylic oxidation sites excluding steroid dienone is 3. The van der Waals surface area contributed by atoms with Crippen LogP contribution in [-0.4, -0.2) is 22.8 Å². The molecule has 0 amide bonds. The minimum Gasteiger partial charge on any atom is -0.423 e. The van der Waals surface area contributed by atoms with E-state index in [1.165, 1.54) is 0 Å². The summed E-state index contributed by atoms with van der Waals surface area (Å²) in [4.78, 5) is 21.7. The summed E-state index contributed by atoms with van der Waals surface area (Å²) in [7, 11) is 0. The van der Waals surface area contributed by atoms with E-state index in [0.717, 1.165) is 11.2 Å². The molecule has 1 aromatic carbocycles. The third kappa shape index (κ3) is 4.32. The molecule has 2 N–H and O–H groups in total. The maximum Gasteiger partial charge on any atom is 0.302 e. The number of Topliss-reactive ketones (excluding diaryl/α,β-unsaturated/α-hetero) is 1. The normalized spacial score (nSPS) is 17.0. The van der Waals surface area contributed by atoms with Crippen molar-refractivity contribution >= 4 is 40.5 Å². The zero-order chi connectivity index (χ0) is 21.0. The first-order valence-corrected chi connectivity index (χ1v) is 9.77. The first-order chi connectivity index (χ1) is 14.0. The molecule has 6 nitrogen and oxygen atoms in total. The number of carbonyl (C=O) groups excluding carboxylic acids is 1. The Morgan fingerprint density at radius 3 is 2.79 bits per heavy atom. The van der Waals surface area contributed by atoms with Gasteiger partial charge in [-0.25, -0.2) is 4.99 Å². The summed E-state index contributed by atoms with van der Waals surface area (Å²) in [5, 5.41) is 6.65. The summed E-state index contributed by atoms with van der Waals surface area (Å²) in [6, 6.07) is 7.15. The summed E-state index contributed by atoms with van der Waals surface area (Å²) < 4.78 is 5.72. The van der Waals surface area contributed by atoms with E-state index in [9.17, 15) is 4.79 Å². The zero-order valence-electron chi connectivity index (χ0n) is 16.5. The minimum atomic E-state index is -0.616. The highest BCUT2D eigenvalue weighted by Crippen LogP contribution is 2.30. The predicted octanol–water partition coefficient (Wildman–Crippen LogP) is 5.08. The Labute approximate surface area is 174 Å².